The summed E-state index contributed by atoms with van der Waals surface area (Å²) in [6.07, 6.45) is 4.95. The molecular formula is C14H18FNO2. The molecule has 0 atom stereocenters. The number of nitrogens with one attached hydrogen (secondary N) is 1. The maximum Gasteiger partial charge on any atom is 0.146 e. The van der Waals surface area contributed by atoms with Crippen LogP contribution >= 0.6 is 0 Å². The summed E-state index contributed by atoms with van der Waals surface area (Å²) < 4.78 is 22.7. The van der Waals surface area contributed by atoms with Crippen molar-refractivity contribution in [1.82, 2.24) is 0 Å². The lowest BCUT2D eigenvalue weighted by atomic mass is 10.2. The van der Waals surface area contributed by atoms with Gasteiger partial charge in [-0.25, -0.2) is 4.39 Å². The van der Waals surface area contributed by atoms with Crippen LogP contribution in [0.15, 0.2) is 42.1 Å². The number of anilines is 1. The van der Waals surface area contributed by atoms with E-state index in [0.717, 1.165) is 11.4 Å². The van der Waals surface area contributed by atoms with E-state index in [1.54, 1.807) is 20.3 Å². The first-order valence-corrected chi connectivity index (χ1v) is 5.63. The molecular weight excluding hydrogens is 233 g/mol. The fourth-order valence-electron chi connectivity index (χ4n) is 1.50. The van der Waals surface area contributed by atoms with Gasteiger partial charge in [-0.15, -0.1) is 0 Å². The Balaban J connectivity index is 3.04. The van der Waals surface area contributed by atoms with Crippen LogP contribution in [0, 0.1) is 0 Å². The van der Waals surface area contributed by atoms with Crippen LogP contribution in [0.5, 0.6) is 11.5 Å². The van der Waals surface area contributed by atoms with E-state index in [2.05, 4.69) is 5.32 Å². The molecule has 0 fully saturated rings. The summed E-state index contributed by atoms with van der Waals surface area (Å²) in [7, 11) is 3.18. The Hall–Kier alpha value is -1.97. The second kappa shape index (κ2) is 7.37. The van der Waals surface area contributed by atoms with Crippen molar-refractivity contribution in [1.29, 1.82) is 0 Å². The monoisotopic (exact) mass is 251 g/mol. The van der Waals surface area contributed by atoms with E-state index in [1.807, 2.05) is 31.2 Å². The second-order valence-corrected chi connectivity index (χ2v) is 3.46. The SMILES string of the molecule is C/C=C(\C=C/CF)Nc1c(OC)cccc1OC. The number of methoxy groups -OCH3 is 2. The molecule has 1 aromatic carbocycles. The zero-order valence-corrected chi connectivity index (χ0v) is 10.9. The van der Waals surface area contributed by atoms with Crippen molar-refractivity contribution in [3.8, 4) is 11.5 Å². The molecule has 0 heterocycles. The van der Waals surface area contributed by atoms with Crippen molar-refractivity contribution in [3.63, 3.8) is 0 Å². The first kappa shape index (κ1) is 14.1. The molecule has 0 saturated heterocycles. The molecule has 3 nitrogen and oxygen atoms in total. The number of benzene rings is 1. The molecule has 1 rings (SSSR count). The minimum absolute atomic E-state index is 0.498. The van der Waals surface area contributed by atoms with Crippen molar-refractivity contribution in [2.24, 2.45) is 0 Å². The van der Waals surface area contributed by atoms with Gasteiger partial charge in [-0.1, -0.05) is 18.2 Å². The molecule has 0 radical (unpaired) electrons. The summed E-state index contributed by atoms with van der Waals surface area (Å²) in [5.74, 6) is 1.34. The highest BCUT2D eigenvalue weighted by Crippen LogP contribution is 2.35. The first-order chi connectivity index (χ1) is 8.76. The van der Waals surface area contributed by atoms with Crippen LogP contribution in [-0.4, -0.2) is 20.9 Å². The van der Waals surface area contributed by atoms with Gasteiger partial charge in [0.2, 0.25) is 0 Å². The Kier molecular flexibility index (Phi) is 5.77. The quantitative estimate of drug-likeness (QED) is 0.784. The van der Waals surface area contributed by atoms with Gasteiger partial charge in [0, 0.05) is 5.70 Å². The van der Waals surface area contributed by atoms with E-state index in [4.69, 9.17) is 9.47 Å². The number of ether oxygens (including phenoxy) is 2. The minimum atomic E-state index is -0.498. The molecule has 0 bridgehead atoms. The Morgan fingerprint density at radius 1 is 1.28 bits per heavy atom. The van der Waals surface area contributed by atoms with Gasteiger partial charge in [-0.3, -0.25) is 0 Å². The number of alkyl halides is 1. The molecule has 0 aliphatic rings. The molecule has 98 valence electrons. The zero-order valence-electron chi connectivity index (χ0n) is 10.9. The topological polar surface area (TPSA) is 30.5 Å². The molecule has 1 N–H and O–H groups in total. The van der Waals surface area contributed by atoms with Crippen molar-refractivity contribution >= 4 is 5.69 Å². The highest BCUT2D eigenvalue weighted by Gasteiger charge is 2.09. The third-order valence-electron chi connectivity index (χ3n) is 2.39. The number of hydrogen-bond acceptors (Lipinski definition) is 3. The fourth-order valence-corrected chi connectivity index (χ4v) is 1.50. The summed E-state index contributed by atoms with van der Waals surface area (Å²) in [6, 6.07) is 5.50. The van der Waals surface area contributed by atoms with E-state index in [0.29, 0.717) is 11.5 Å². The third kappa shape index (κ3) is 3.52. The Bertz CT molecular complexity index is 419. The highest BCUT2D eigenvalue weighted by atomic mass is 19.1. The second-order valence-electron chi connectivity index (χ2n) is 3.46. The normalized spacial score (nSPS) is 11.7. The van der Waals surface area contributed by atoms with Crippen LogP contribution in [0.4, 0.5) is 10.1 Å². The molecule has 18 heavy (non-hydrogen) atoms. The molecule has 0 aliphatic heterocycles. The Morgan fingerprint density at radius 3 is 2.33 bits per heavy atom. The Morgan fingerprint density at radius 2 is 1.89 bits per heavy atom. The number of para-hydroxylation sites is 1. The summed E-state index contributed by atoms with van der Waals surface area (Å²) in [6.45, 7) is 1.37. The number of halogens is 1. The van der Waals surface area contributed by atoms with Gasteiger partial charge in [0.05, 0.1) is 14.2 Å². The number of hydrogen-bond donors (Lipinski definition) is 1. The van der Waals surface area contributed by atoms with Crippen LogP contribution in [-0.2, 0) is 0 Å². The van der Waals surface area contributed by atoms with Gasteiger partial charge < -0.3 is 14.8 Å². The maximum absolute atomic E-state index is 12.1. The van der Waals surface area contributed by atoms with Gasteiger partial charge in [-0.2, -0.15) is 0 Å². The van der Waals surface area contributed by atoms with Crippen molar-refractivity contribution < 1.29 is 13.9 Å². The predicted molar refractivity (Wildman–Crippen MR) is 72.0 cm³/mol. The third-order valence-corrected chi connectivity index (χ3v) is 2.39. The van der Waals surface area contributed by atoms with E-state index >= 15 is 0 Å². The van der Waals surface area contributed by atoms with Crippen molar-refractivity contribution in [2.75, 3.05) is 26.2 Å². The van der Waals surface area contributed by atoms with E-state index in [-0.39, 0.29) is 0 Å². The predicted octanol–water partition coefficient (Wildman–Crippen LogP) is 3.55. The summed E-state index contributed by atoms with van der Waals surface area (Å²) >= 11 is 0. The smallest absolute Gasteiger partial charge is 0.146 e. The molecule has 0 amide bonds. The first-order valence-electron chi connectivity index (χ1n) is 5.63. The summed E-state index contributed by atoms with van der Waals surface area (Å²) in [4.78, 5) is 0. The van der Waals surface area contributed by atoms with Crippen LogP contribution in [0.25, 0.3) is 0 Å². The number of rotatable bonds is 6. The molecule has 0 saturated carbocycles. The summed E-state index contributed by atoms with van der Waals surface area (Å²) in [5.41, 5.74) is 1.49. The molecule has 0 aliphatic carbocycles. The lowest BCUT2D eigenvalue weighted by molar-refractivity contribution is 0.398. The van der Waals surface area contributed by atoms with Crippen LogP contribution in [0.2, 0.25) is 0 Å². The van der Waals surface area contributed by atoms with E-state index in [9.17, 15) is 4.39 Å². The van der Waals surface area contributed by atoms with Gasteiger partial charge in [0.25, 0.3) is 0 Å². The van der Waals surface area contributed by atoms with Crippen LogP contribution < -0.4 is 14.8 Å². The standard InChI is InChI=1S/C14H18FNO2/c1-4-11(7-6-10-15)16-14-12(17-2)8-5-9-13(14)18-3/h4-9,16H,10H2,1-3H3/b7-6-,11-4+. The van der Waals surface area contributed by atoms with Crippen molar-refractivity contribution in [2.45, 2.75) is 6.92 Å². The minimum Gasteiger partial charge on any atom is -0.494 e. The molecule has 0 spiro atoms. The van der Waals surface area contributed by atoms with Crippen LogP contribution in [0.1, 0.15) is 6.92 Å². The lowest BCUT2D eigenvalue weighted by Crippen LogP contribution is -2.01. The number of allylic oxidation sites excluding steroid dienone is 3. The Labute approximate surface area is 107 Å². The van der Waals surface area contributed by atoms with Gasteiger partial charge in [0.15, 0.2) is 0 Å². The molecule has 4 heteroatoms. The molecule has 1 aromatic rings. The van der Waals surface area contributed by atoms with Gasteiger partial charge in [0.1, 0.15) is 23.9 Å². The fraction of sp³-hybridized carbons (Fsp3) is 0.286. The zero-order chi connectivity index (χ0) is 13.4. The van der Waals surface area contributed by atoms with E-state index < -0.39 is 6.67 Å². The summed E-state index contributed by atoms with van der Waals surface area (Å²) in [5, 5.41) is 3.16. The van der Waals surface area contributed by atoms with Gasteiger partial charge >= 0.3 is 0 Å². The van der Waals surface area contributed by atoms with Crippen molar-refractivity contribution in [3.05, 3.63) is 42.1 Å². The average Bonchev–Trinajstić information content (AvgIpc) is 2.43. The average molecular weight is 251 g/mol. The largest absolute Gasteiger partial charge is 0.494 e. The maximum atomic E-state index is 12.1. The highest BCUT2D eigenvalue weighted by molar-refractivity contribution is 5.69. The molecule has 0 aromatic heterocycles. The van der Waals surface area contributed by atoms with E-state index in [1.165, 1.54) is 6.08 Å². The van der Waals surface area contributed by atoms with Crippen LogP contribution in [0.3, 0.4) is 0 Å². The van der Waals surface area contributed by atoms with Gasteiger partial charge in [-0.05, 0) is 25.1 Å². The molecule has 0 unspecified atom stereocenters. The lowest BCUT2D eigenvalue weighted by Gasteiger charge is -2.15.